The number of benzene rings is 1. The van der Waals surface area contributed by atoms with Crippen LogP contribution in [0.4, 0.5) is 0 Å². The minimum atomic E-state index is -1.35. The molecule has 2 heterocycles. The highest BCUT2D eigenvalue weighted by atomic mass is 35.5. The quantitative estimate of drug-likeness (QED) is 0.289. The Hall–Kier alpha value is -3.47. The van der Waals surface area contributed by atoms with Crippen molar-refractivity contribution in [3.8, 4) is 0 Å². The average Bonchev–Trinajstić information content (AvgIpc) is 3.83. The Morgan fingerprint density at radius 3 is 2.59 bits per heavy atom. The van der Waals surface area contributed by atoms with Crippen LogP contribution in [0.5, 0.6) is 0 Å². The largest absolute Gasteiger partial charge is 0.387 e. The van der Waals surface area contributed by atoms with Crippen LogP contribution in [0.2, 0.25) is 5.02 Å². The zero-order valence-electron chi connectivity index (χ0n) is 21.7. The fourth-order valence-electron chi connectivity index (χ4n) is 5.37. The number of primary amides is 1. The van der Waals surface area contributed by atoms with Gasteiger partial charge in [0.15, 0.2) is 5.60 Å². The number of rotatable bonds is 10. The van der Waals surface area contributed by atoms with E-state index in [0.29, 0.717) is 36.4 Å². The molecule has 0 bridgehead atoms. The molecule has 3 atom stereocenters. The molecule has 2 aliphatic heterocycles. The minimum absolute atomic E-state index is 0.000954. The molecule has 1 aromatic rings. The van der Waals surface area contributed by atoms with E-state index in [9.17, 15) is 24.0 Å². The van der Waals surface area contributed by atoms with Gasteiger partial charge in [-0.15, -0.1) is 0 Å². The second-order valence-corrected chi connectivity index (χ2v) is 11.5. The molecule has 1 saturated heterocycles. The number of likely N-dealkylation sites (tertiary alicyclic amines) is 1. The lowest BCUT2D eigenvalue weighted by atomic mass is 9.91. The predicted molar refractivity (Wildman–Crippen MR) is 140 cm³/mol. The third-order valence-corrected chi connectivity index (χ3v) is 8.17. The van der Waals surface area contributed by atoms with Gasteiger partial charge in [0.2, 0.25) is 23.5 Å². The minimum Gasteiger partial charge on any atom is -0.387 e. The van der Waals surface area contributed by atoms with Gasteiger partial charge in [0.05, 0.1) is 18.3 Å². The first-order valence-electron chi connectivity index (χ1n) is 13.3. The Bertz CT molecular complexity index is 1260. The smallest absolute Gasteiger partial charge is 0.289 e. The highest BCUT2D eigenvalue weighted by Gasteiger charge is 2.62. The summed E-state index contributed by atoms with van der Waals surface area (Å²) < 4.78 is 0. The molecule has 0 aromatic heterocycles. The topological polar surface area (TPSA) is 160 Å². The molecule has 12 heteroatoms. The van der Waals surface area contributed by atoms with Gasteiger partial charge in [0.25, 0.3) is 5.91 Å². The van der Waals surface area contributed by atoms with E-state index in [-0.39, 0.29) is 25.4 Å². The van der Waals surface area contributed by atoms with Gasteiger partial charge in [-0.05, 0) is 44.2 Å². The van der Waals surface area contributed by atoms with Crippen LogP contribution >= 0.6 is 11.6 Å². The molecule has 3 fully saturated rings. The van der Waals surface area contributed by atoms with Crippen LogP contribution in [-0.2, 0) is 28.8 Å². The zero-order chi connectivity index (χ0) is 27.9. The highest BCUT2D eigenvalue weighted by molar-refractivity contribution is 6.38. The fourth-order valence-corrected chi connectivity index (χ4v) is 5.56. The van der Waals surface area contributed by atoms with Crippen LogP contribution in [0.1, 0.15) is 63.9 Å². The van der Waals surface area contributed by atoms with Gasteiger partial charge in [-0.3, -0.25) is 24.0 Å². The lowest BCUT2D eigenvalue weighted by Crippen LogP contribution is -2.55. The zero-order valence-corrected chi connectivity index (χ0v) is 22.5. The summed E-state index contributed by atoms with van der Waals surface area (Å²) in [5.41, 5.74) is 4.61. The van der Waals surface area contributed by atoms with E-state index in [1.807, 2.05) is 13.0 Å². The molecule has 4 aliphatic rings. The maximum absolute atomic E-state index is 13.6. The molecule has 2 aliphatic carbocycles. The molecule has 1 aromatic carbocycles. The summed E-state index contributed by atoms with van der Waals surface area (Å²) in [5, 5.41) is 10.2. The Labute approximate surface area is 230 Å². The molecule has 5 rings (SSSR count). The Morgan fingerprint density at radius 2 is 1.97 bits per heavy atom. The molecule has 4 N–H and O–H groups in total. The van der Waals surface area contributed by atoms with Crippen molar-refractivity contribution in [2.75, 3.05) is 6.54 Å². The second-order valence-electron chi connectivity index (χ2n) is 11.1. The normalized spacial score (nSPS) is 25.4. The molecule has 208 valence electrons. The molecule has 0 unspecified atom stereocenters. The number of amides is 4. The number of oxime groups is 1. The number of nitrogens with two attached hydrogens (primary N) is 1. The molecule has 0 radical (unpaired) electrons. The number of nitrogens with zero attached hydrogens (tertiary/aromatic N) is 2. The van der Waals surface area contributed by atoms with E-state index in [0.717, 1.165) is 18.4 Å². The van der Waals surface area contributed by atoms with Gasteiger partial charge in [-0.1, -0.05) is 42.2 Å². The van der Waals surface area contributed by atoms with Crippen LogP contribution in [0.3, 0.4) is 0 Å². The van der Waals surface area contributed by atoms with Crippen LogP contribution in [0, 0.1) is 5.41 Å². The summed E-state index contributed by atoms with van der Waals surface area (Å²) in [6.45, 7) is 1.86. The maximum Gasteiger partial charge on any atom is 0.289 e. The van der Waals surface area contributed by atoms with Crippen LogP contribution in [-0.4, -0.2) is 70.3 Å². The molecular weight excluding hydrogens is 526 g/mol. The van der Waals surface area contributed by atoms with Crippen molar-refractivity contribution in [1.82, 2.24) is 15.5 Å². The summed E-state index contributed by atoms with van der Waals surface area (Å²) in [4.78, 5) is 71.9. The first-order valence-corrected chi connectivity index (χ1v) is 13.7. The van der Waals surface area contributed by atoms with Gasteiger partial charge >= 0.3 is 0 Å². The van der Waals surface area contributed by atoms with E-state index in [4.69, 9.17) is 22.2 Å². The van der Waals surface area contributed by atoms with Crippen molar-refractivity contribution in [3.05, 3.63) is 34.9 Å². The van der Waals surface area contributed by atoms with Crippen LogP contribution < -0.4 is 16.4 Å². The van der Waals surface area contributed by atoms with Crippen molar-refractivity contribution < 1.29 is 28.8 Å². The van der Waals surface area contributed by atoms with Gasteiger partial charge in [0, 0.05) is 29.5 Å². The third-order valence-electron chi connectivity index (χ3n) is 7.94. The highest BCUT2D eigenvalue weighted by Crippen LogP contribution is 2.49. The van der Waals surface area contributed by atoms with Gasteiger partial charge in [0.1, 0.15) is 11.5 Å². The van der Waals surface area contributed by atoms with Crippen molar-refractivity contribution in [3.63, 3.8) is 0 Å². The van der Waals surface area contributed by atoms with Gasteiger partial charge < -0.3 is 26.1 Å². The van der Waals surface area contributed by atoms with Crippen molar-refractivity contribution >= 4 is 46.7 Å². The molecule has 39 heavy (non-hydrogen) atoms. The summed E-state index contributed by atoms with van der Waals surface area (Å²) in [7, 11) is 0. The molecule has 1 spiro atoms. The maximum atomic E-state index is 13.6. The Balaban J connectivity index is 1.36. The summed E-state index contributed by atoms with van der Waals surface area (Å²) in [6.07, 6.45) is 3.48. The van der Waals surface area contributed by atoms with Crippen molar-refractivity contribution in [1.29, 1.82) is 0 Å². The number of hydrogen-bond acceptors (Lipinski definition) is 7. The van der Waals surface area contributed by atoms with E-state index in [1.165, 1.54) is 4.90 Å². The standard InChI is InChI=1S/C27H32ClN5O6/c1-2-4-18(21(34)23(36)30-17-7-8-17)31-22(35)20-13-26(14-33(20)25(38)27(9-10-27)24(29)37)12-19(32-39-26)15-5-3-6-16(28)11-15/h3,5-6,11,17-18,20H,2,4,7-10,12-14H2,1H3,(H2,29,37)(H,30,36)(H,31,35)/t18-,20-,26+/m0/s1. The predicted octanol–water partition coefficient (Wildman–Crippen LogP) is 1.20. The monoisotopic (exact) mass is 557 g/mol. The van der Waals surface area contributed by atoms with Gasteiger partial charge in [-0.25, -0.2) is 0 Å². The summed E-state index contributed by atoms with van der Waals surface area (Å²) in [6, 6.07) is 5.05. The third kappa shape index (κ3) is 5.36. The number of ketones is 1. The first-order chi connectivity index (χ1) is 18.6. The number of carbonyl (C=O) groups is 5. The van der Waals surface area contributed by atoms with E-state index >= 15 is 0 Å². The SMILES string of the molecule is CCC[C@H](NC(=O)[C@@H]1C[C@]2(CC(c3cccc(Cl)c3)=NO2)CN1C(=O)C1(C(N)=O)CC1)C(=O)C(=O)NC1CC1. The number of nitrogens with one attached hydrogen (secondary N) is 2. The number of Topliss-reactive ketones (excluding diaryl/α,β-unsaturated/α-hetero) is 1. The average molecular weight is 558 g/mol. The molecule has 11 nitrogen and oxygen atoms in total. The molecule has 2 saturated carbocycles. The Kier molecular flexibility index (Phi) is 7.13. The van der Waals surface area contributed by atoms with Crippen molar-refractivity contribution in [2.45, 2.75) is 82.0 Å². The van der Waals surface area contributed by atoms with E-state index in [1.54, 1.807) is 18.2 Å². The fraction of sp³-hybridized carbons (Fsp3) is 0.556. The molecule has 4 amide bonds. The Morgan fingerprint density at radius 1 is 1.23 bits per heavy atom. The number of carbonyl (C=O) groups excluding carboxylic acids is 5. The van der Waals surface area contributed by atoms with Crippen LogP contribution in [0.15, 0.2) is 29.4 Å². The number of halogens is 1. The number of hydrogen-bond donors (Lipinski definition) is 3. The summed E-state index contributed by atoms with van der Waals surface area (Å²) in [5.74, 6) is -3.30. The van der Waals surface area contributed by atoms with Crippen LogP contribution in [0.25, 0.3) is 0 Å². The summed E-state index contributed by atoms with van der Waals surface area (Å²) >= 11 is 6.14. The second kappa shape index (κ2) is 10.3. The molecular formula is C27H32ClN5O6. The lowest BCUT2D eigenvalue weighted by Gasteiger charge is -2.28. The van der Waals surface area contributed by atoms with E-state index in [2.05, 4.69) is 15.8 Å². The van der Waals surface area contributed by atoms with E-state index < -0.39 is 52.5 Å². The van der Waals surface area contributed by atoms with Gasteiger partial charge in [-0.2, -0.15) is 0 Å². The van der Waals surface area contributed by atoms with Crippen molar-refractivity contribution in [2.24, 2.45) is 16.3 Å². The lowest BCUT2D eigenvalue weighted by molar-refractivity contribution is -0.148. The first kappa shape index (κ1) is 27.1.